The number of ether oxygens (including phenoxy) is 1. The lowest BCUT2D eigenvalue weighted by Gasteiger charge is -2.19. The van der Waals surface area contributed by atoms with Crippen LogP contribution in [0, 0.1) is 11.3 Å². The Morgan fingerprint density at radius 1 is 1.06 bits per heavy atom. The standard InChI is InChI=1S/C24H17ClF3N3O4S/c25-17-3-8-20(22(11-17)35-21-10-16(24(26,27)28)2-1-14(21)12-29)15-9-23(32)31(13-15)18-4-6-19(7-5-18)36(30,33)34/h1-8,10-11,15H,9,13H2,(H2,30,33,34). The monoisotopic (exact) mass is 535 g/mol. The lowest BCUT2D eigenvalue weighted by Crippen LogP contribution is -2.24. The smallest absolute Gasteiger partial charge is 0.416 e. The first-order chi connectivity index (χ1) is 16.9. The predicted octanol–water partition coefficient (Wildman–Crippen LogP) is 5.19. The lowest BCUT2D eigenvalue weighted by atomic mass is 9.97. The summed E-state index contributed by atoms with van der Waals surface area (Å²) in [5, 5.41) is 14.7. The van der Waals surface area contributed by atoms with E-state index in [1.54, 1.807) is 12.1 Å². The summed E-state index contributed by atoms with van der Waals surface area (Å²) in [5.41, 5.74) is -0.119. The van der Waals surface area contributed by atoms with Crippen molar-refractivity contribution in [1.29, 1.82) is 5.26 Å². The number of carbonyl (C=O) groups excluding carboxylic acids is 1. The molecule has 0 radical (unpaired) electrons. The second-order valence-electron chi connectivity index (χ2n) is 8.05. The van der Waals surface area contributed by atoms with Crippen molar-refractivity contribution in [3.05, 3.63) is 82.4 Å². The van der Waals surface area contributed by atoms with Gasteiger partial charge in [0.15, 0.2) is 0 Å². The van der Waals surface area contributed by atoms with Crippen LogP contribution in [0.1, 0.15) is 29.0 Å². The van der Waals surface area contributed by atoms with Gasteiger partial charge in [-0.1, -0.05) is 17.7 Å². The molecule has 1 saturated heterocycles. The first-order valence-electron chi connectivity index (χ1n) is 10.4. The van der Waals surface area contributed by atoms with Crippen molar-refractivity contribution in [1.82, 2.24) is 0 Å². The number of halogens is 4. The highest BCUT2D eigenvalue weighted by Gasteiger charge is 2.34. The molecule has 3 aromatic rings. The highest BCUT2D eigenvalue weighted by Crippen LogP contribution is 2.41. The Kier molecular flexibility index (Phi) is 6.70. The zero-order valence-corrected chi connectivity index (χ0v) is 19.9. The van der Waals surface area contributed by atoms with Crippen molar-refractivity contribution < 1.29 is 31.1 Å². The minimum Gasteiger partial charge on any atom is -0.456 e. The van der Waals surface area contributed by atoms with Crippen LogP contribution in [0.3, 0.4) is 0 Å². The Morgan fingerprint density at radius 3 is 2.36 bits per heavy atom. The minimum atomic E-state index is -4.64. The van der Waals surface area contributed by atoms with Crippen LogP contribution in [-0.2, 0) is 21.0 Å². The maximum Gasteiger partial charge on any atom is 0.416 e. The van der Waals surface area contributed by atoms with Crippen molar-refractivity contribution in [2.45, 2.75) is 23.4 Å². The molecule has 4 rings (SSSR count). The van der Waals surface area contributed by atoms with E-state index in [0.29, 0.717) is 11.3 Å². The number of carbonyl (C=O) groups is 1. The van der Waals surface area contributed by atoms with Crippen LogP contribution < -0.4 is 14.8 Å². The molecule has 186 valence electrons. The number of rotatable bonds is 5. The van der Waals surface area contributed by atoms with Crippen LogP contribution >= 0.6 is 11.6 Å². The van der Waals surface area contributed by atoms with Gasteiger partial charge in [0.05, 0.1) is 16.0 Å². The van der Waals surface area contributed by atoms with Gasteiger partial charge in [0.1, 0.15) is 17.6 Å². The third-order valence-corrected chi connectivity index (χ3v) is 6.83. The molecule has 1 atom stereocenters. The van der Waals surface area contributed by atoms with Crippen LogP contribution in [0.4, 0.5) is 18.9 Å². The summed E-state index contributed by atoms with van der Waals surface area (Å²) < 4.78 is 68.4. The van der Waals surface area contributed by atoms with Gasteiger partial charge in [0.25, 0.3) is 0 Å². The molecule has 1 heterocycles. The number of amides is 1. The van der Waals surface area contributed by atoms with E-state index in [4.69, 9.17) is 21.5 Å². The summed E-state index contributed by atoms with van der Waals surface area (Å²) in [5.74, 6) is -0.849. The van der Waals surface area contributed by atoms with Gasteiger partial charge in [-0.25, -0.2) is 13.6 Å². The van der Waals surface area contributed by atoms with E-state index >= 15 is 0 Å². The number of nitrogens with zero attached hydrogens (tertiary/aromatic N) is 2. The molecule has 36 heavy (non-hydrogen) atoms. The number of hydrogen-bond acceptors (Lipinski definition) is 5. The van der Waals surface area contributed by atoms with Crippen LogP contribution in [0.2, 0.25) is 5.02 Å². The molecular formula is C24H17ClF3N3O4S. The number of benzene rings is 3. The van der Waals surface area contributed by atoms with E-state index in [1.165, 1.54) is 35.2 Å². The maximum absolute atomic E-state index is 13.2. The van der Waals surface area contributed by atoms with Gasteiger partial charge < -0.3 is 9.64 Å². The molecule has 1 unspecified atom stereocenters. The molecule has 12 heteroatoms. The molecular weight excluding hydrogens is 519 g/mol. The summed E-state index contributed by atoms with van der Waals surface area (Å²) in [6.45, 7) is 0.194. The number of alkyl halides is 3. The van der Waals surface area contributed by atoms with Crippen molar-refractivity contribution >= 4 is 33.2 Å². The molecule has 1 fully saturated rings. The molecule has 0 saturated carbocycles. The SMILES string of the molecule is N#Cc1ccc(C(F)(F)F)cc1Oc1cc(Cl)ccc1C1CC(=O)N(c2ccc(S(N)(=O)=O)cc2)C1. The Hall–Kier alpha value is -3.59. The van der Waals surface area contributed by atoms with E-state index in [0.717, 1.165) is 18.2 Å². The Labute approximate surface area is 209 Å². The van der Waals surface area contributed by atoms with Crippen molar-refractivity contribution in [3.63, 3.8) is 0 Å². The Bertz CT molecular complexity index is 1490. The van der Waals surface area contributed by atoms with Gasteiger partial charge in [0.2, 0.25) is 15.9 Å². The predicted molar refractivity (Wildman–Crippen MR) is 125 cm³/mol. The topological polar surface area (TPSA) is 113 Å². The van der Waals surface area contributed by atoms with Crippen LogP contribution in [-0.4, -0.2) is 20.9 Å². The van der Waals surface area contributed by atoms with Crippen LogP contribution in [0.15, 0.2) is 65.6 Å². The first-order valence-corrected chi connectivity index (χ1v) is 12.3. The van der Waals surface area contributed by atoms with Gasteiger partial charge in [-0.05, 0) is 54.6 Å². The van der Waals surface area contributed by atoms with Crippen LogP contribution in [0.25, 0.3) is 0 Å². The molecule has 1 aliphatic heterocycles. The molecule has 0 bridgehead atoms. The van der Waals surface area contributed by atoms with Gasteiger partial charge >= 0.3 is 6.18 Å². The number of primary sulfonamides is 1. The molecule has 7 nitrogen and oxygen atoms in total. The highest BCUT2D eigenvalue weighted by atomic mass is 35.5. The zero-order valence-electron chi connectivity index (χ0n) is 18.3. The van der Waals surface area contributed by atoms with E-state index in [2.05, 4.69) is 0 Å². The number of anilines is 1. The van der Waals surface area contributed by atoms with Crippen LogP contribution in [0.5, 0.6) is 11.5 Å². The van der Waals surface area contributed by atoms with Crippen molar-refractivity contribution in [2.24, 2.45) is 5.14 Å². The minimum absolute atomic E-state index is 0.0582. The number of nitrogens with two attached hydrogens (primary N) is 1. The Balaban J connectivity index is 1.66. The average molecular weight is 536 g/mol. The third kappa shape index (κ3) is 5.31. The Morgan fingerprint density at radius 2 is 1.75 bits per heavy atom. The first kappa shape index (κ1) is 25.5. The summed E-state index contributed by atoms with van der Waals surface area (Å²) in [4.78, 5) is 14.1. The second kappa shape index (κ2) is 9.46. The third-order valence-electron chi connectivity index (χ3n) is 5.67. The van der Waals surface area contributed by atoms with Crippen molar-refractivity contribution in [3.8, 4) is 17.6 Å². The molecule has 1 aliphatic rings. The average Bonchev–Trinajstić information content (AvgIpc) is 3.19. The van der Waals surface area contributed by atoms with E-state index in [1.807, 2.05) is 6.07 Å². The fourth-order valence-electron chi connectivity index (χ4n) is 3.91. The fourth-order valence-corrected chi connectivity index (χ4v) is 4.59. The molecule has 0 aliphatic carbocycles. The molecule has 3 aromatic carbocycles. The quantitative estimate of drug-likeness (QED) is 0.483. The van der Waals surface area contributed by atoms with Gasteiger partial charge in [-0.2, -0.15) is 18.4 Å². The number of sulfonamides is 1. The van der Waals surface area contributed by atoms with Crippen molar-refractivity contribution in [2.75, 3.05) is 11.4 Å². The number of hydrogen-bond donors (Lipinski definition) is 1. The normalized spacial score (nSPS) is 16.2. The van der Waals surface area contributed by atoms with E-state index in [9.17, 15) is 31.6 Å². The molecule has 0 spiro atoms. The lowest BCUT2D eigenvalue weighted by molar-refractivity contribution is -0.137. The largest absolute Gasteiger partial charge is 0.456 e. The summed E-state index contributed by atoms with van der Waals surface area (Å²) >= 11 is 6.11. The highest BCUT2D eigenvalue weighted by molar-refractivity contribution is 7.89. The van der Waals surface area contributed by atoms with Gasteiger partial charge in [-0.3, -0.25) is 4.79 Å². The second-order valence-corrected chi connectivity index (χ2v) is 10.0. The summed E-state index contributed by atoms with van der Waals surface area (Å²) in [6.07, 6.45) is -4.58. The van der Waals surface area contributed by atoms with E-state index < -0.39 is 27.7 Å². The van der Waals surface area contributed by atoms with E-state index in [-0.39, 0.29) is 45.9 Å². The molecule has 0 aromatic heterocycles. The summed E-state index contributed by atoms with van der Waals surface area (Å²) in [6, 6.07) is 14.4. The fraction of sp³-hybridized carbons (Fsp3) is 0.167. The molecule has 1 amide bonds. The number of nitriles is 1. The maximum atomic E-state index is 13.2. The zero-order chi connectivity index (χ0) is 26.3. The van der Waals surface area contributed by atoms with Gasteiger partial charge in [0, 0.05) is 35.2 Å². The summed E-state index contributed by atoms with van der Waals surface area (Å²) in [7, 11) is -3.89. The van der Waals surface area contributed by atoms with Gasteiger partial charge in [-0.15, -0.1) is 0 Å². The molecule has 2 N–H and O–H groups in total.